The van der Waals surface area contributed by atoms with Gasteiger partial charge in [0.15, 0.2) is 0 Å². The molecule has 0 saturated carbocycles. The Morgan fingerprint density at radius 1 is 1.21 bits per heavy atom. The van der Waals surface area contributed by atoms with E-state index < -0.39 is 23.5 Å². The zero-order valence-electron chi connectivity index (χ0n) is 15.0. The number of benzene rings is 1. The van der Waals surface area contributed by atoms with Crippen molar-refractivity contribution in [2.24, 2.45) is 0 Å². The summed E-state index contributed by atoms with van der Waals surface area (Å²) in [5, 5.41) is 6.85. The van der Waals surface area contributed by atoms with Crippen molar-refractivity contribution in [1.29, 1.82) is 0 Å². The Morgan fingerprint density at radius 2 is 1.93 bits per heavy atom. The zero-order valence-corrected chi connectivity index (χ0v) is 16.6. The Balaban J connectivity index is 1.54. The van der Waals surface area contributed by atoms with Crippen molar-refractivity contribution in [1.82, 2.24) is 15.1 Å². The lowest BCUT2D eigenvalue weighted by atomic mass is 9.86. The van der Waals surface area contributed by atoms with E-state index in [0.29, 0.717) is 18.5 Å². The molecule has 0 aliphatic carbocycles. The monoisotopic (exact) mass is 471 g/mol. The van der Waals surface area contributed by atoms with E-state index in [-0.39, 0.29) is 30.4 Å². The van der Waals surface area contributed by atoms with E-state index in [1.165, 1.54) is 12.1 Å². The van der Waals surface area contributed by atoms with Gasteiger partial charge in [-0.3, -0.25) is 4.79 Å². The fraction of sp³-hybridized carbons (Fsp3) is 0.316. The first kappa shape index (κ1) is 19.8. The van der Waals surface area contributed by atoms with E-state index in [2.05, 4.69) is 26.1 Å². The van der Waals surface area contributed by atoms with Crippen LogP contribution in [0.4, 0.5) is 17.6 Å². The normalized spacial score (nSPS) is 15.8. The predicted molar refractivity (Wildman–Crippen MR) is 98.7 cm³/mol. The molecule has 10 heteroatoms. The summed E-state index contributed by atoms with van der Waals surface area (Å²) in [6, 6.07) is 7.01. The molecule has 3 aromatic rings. The van der Waals surface area contributed by atoms with Crippen LogP contribution in [0, 0.1) is 5.82 Å². The first-order valence-corrected chi connectivity index (χ1v) is 9.75. The van der Waals surface area contributed by atoms with Gasteiger partial charge in [0.05, 0.1) is 16.9 Å². The standard InChI is InChI=1S/C19H15BrF4N4O/c20-12-4-5-15-25-26-17(28(15)10-12)18(29)27-8-6-11(7-9-27)13-2-1-3-14(21)16(13)19(22,23)24/h1-5,10-11H,6-9H2/p+1. The Bertz CT molecular complexity index is 1070. The predicted octanol–water partition coefficient (Wildman–Crippen LogP) is 4.09. The minimum atomic E-state index is -4.76. The summed E-state index contributed by atoms with van der Waals surface area (Å²) in [6.07, 6.45) is -2.42. The van der Waals surface area contributed by atoms with Crippen LogP contribution in [0.1, 0.15) is 40.5 Å². The van der Waals surface area contributed by atoms with Gasteiger partial charge in [0.25, 0.3) is 5.65 Å². The van der Waals surface area contributed by atoms with Crippen molar-refractivity contribution in [3.05, 3.63) is 63.8 Å². The second-order valence-electron chi connectivity index (χ2n) is 6.92. The van der Waals surface area contributed by atoms with Gasteiger partial charge in [-0.05, 0) is 52.4 Å². The highest BCUT2D eigenvalue weighted by Gasteiger charge is 2.39. The number of pyridine rings is 1. The average Bonchev–Trinajstić information content (AvgIpc) is 3.09. The molecule has 0 bridgehead atoms. The molecule has 1 N–H and O–H groups in total. The summed E-state index contributed by atoms with van der Waals surface area (Å²) in [4.78, 5) is 14.4. The molecular formula is C19H16BrF4N4O+. The zero-order chi connectivity index (χ0) is 20.8. The first-order chi connectivity index (χ1) is 13.8. The Hall–Kier alpha value is -2.49. The lowest BCUT2D eigenvalue weighted by Crippen LogP contribution is -2.42. The lowest BCUT2D eigenvalue weighted by molar-refractivity contribution is -0.516. The lowest BCUT2D eigenvalue weighted by Gasteiger charge is -2.32. The number of hydrogen-bond acceptors (Lipinski definition) is 2. The molecule has 0 unspecified atom stereocenters. The van der Waals surface area contributed by atoms with Crippen molar-refractivity contribution >= 4 is 27.5 Å². The van der Waals surface area contributed by atoms with Gasteiger partial charge in [0.1, 0.15) is 5.82 Å². The van der Waals surface area contributed by atoms with E-state index in [4.69, 9.17) is 0 Å². The fourth-order valence-corrected chi connectivity index (χ4v) is 4.11. The third-order valence-electron chi connectivity index (χ3n) is 5.16. The van der Waals surface area contributed by atoms with E-state index in [9.17, 15) is 22.4 Å². The molecule has 0 radical (unpaired) electrons. The van der Waals surface area contributed by atoms with Crippen molar-refractivity contribution in [2.75, 3.05) is 13.1 Å². The molecule has 1 aliphatic rings. The molecule has 0 atom stereocenters. The third-order valence-corrected chi connectivity index (χ3v) is 5.63. The largest absolute Gasteiger partial charge is 0.419 e. The minimum Gasteiger partial charge on any atom is -0.333 e. The van der Waals surface area contributed by atoms with Crippen LogP contribution in [0.5, 0.6) is 0 Å². The summed E-state index contributed by atoms with van der Waals surface area (Å²) in [5.74, 6) is -1.85. The van der Waals surface area contributed by atoms with Crippen LogP contribution >= 0.6 is 15.9 Å². The summed E-state index contributed by atoms with van der Waals surface area (Å²) in [7, 11) is 0. The average molecular weight is 472 g/mol. The molecule has 5 nitrogen and oxygen atoms in total. The number of alkyl halides is 3. The topological polar surface area (TPSA) is 53.1 Å². The maximum absolute atomic E-state index is 13.9. The molecule has 3 heterocycles. The summed E-state index contributed by atoms with van der Waals surface area (Å²) in [5.41, 5.74) is -0.613. The molecule has 152 valence electrons. The minimum absolute atomic E-state index is 0.0480. The van der Waals surface area contributed by atoms with Gasteiger partial charge in [-0.2, -0.15) is 17.6 Å². The summed E-state index contributed by atoms with van der Waals surface area (Å²) >= 11 is 3.35. The maximum atomic E-state index is 13.9. The Kier molecular flexibility index (Phi) is 5.05. The highest BCUT2D eigenvalue weighted by atomic mass is 79.9. The highest BCUT2D eigenvalue weighted by Crippen LogP contribution is 2.40. The molecule has 1 fully saturated rings. The van der Waals surface area contributed by atoms with Gasteiger partial charge in [-0.25, -0.2) is 4.39 Å². The summed E-state index contributed by atoms with van der Waals surface area (Å²) < 4.78 is 56.2. The number of carbonyl (C=O) groups is 1. The number of hydrogen-bond donors (Lipinski definition) is 1. The number of rotatable bonds is 2. The number of fused-ring (bicyclic) bond motifs is 1. The quantitative estimate of drug-likeness (QED) is 0.452. The number of carbonyl (C=O) groups excluding carboxylic acids is 1. The van der Waals surface area contributed by atoms with Crippen molar-refractivity contribution in [2.45, 2.75) is 24.9 Å². The van der Waals surface area contributed by atoms with Gasteiger partial charge in [0.2, 0.25) is 0 Å². The van der Waals surface area contributed by atoms with Crippen LogP contribution in [0.15, 0.2) is 41.0 Å². The van der Waals surface area contributed by atoms with E-state index in [1.54, 1.807) is 21.6 Å². The van der Waals surface area contributed by atoms with Gasteiger partial charge in [-0.1, -0.05) is 12.1 Å². The van der Waals surface area contributed by atoms with Crippen LogP contribution in [-0.2, 0) is 6.18 Å². The number of halogens is 5. The molecular weight excluding hydrogens is 456 g/mol. The smallest absolute Gasteiger partial charge is 0.333 e. The molecule has 2 aromatic heterocycles. The third kappa shape index (κ3) is 3.73. The molecule has 4 rings (SSSR count). The van der Waals surface area contributed by atoms with Gasteiger partial charge >= 0.3 is 17.9 Å². The summed E-state index contributed by atoms with van der Waals surface area (Å²) in [6.45, 7) is 0.528. The number of aromatic nitrogens is 3. The van der Waals surface area contributed by atoms with Crippen LogP contribution in [0.2, 0.25) is 0 Å². The van der Waals surface area contributed by atoms with E-state index in [0.717, 1.165) is 10.5 Å². The second kappa shape index (κ2) is 7.40. The molecule has 29 heavy (non-hydrogen) atoms. The molecule has 1 amide bonds. The number of H-pyrrole nitrogens is 1. The molecule has 0 spiro atoms. The SMILES string of the molecule is O=C(c1n[nH]c2ccc(Br)c[n+]12)N1CCC(c2cccc(F)c2C(F)(F)F)CC1. The van der Waals surface area contributed by atoms with Crippen LogP contribution in [0.25, 0.3) is 5.65 Å². The van der Waals surface area contributed by atoms with E-state index in [1.807, 2.05) is 6.07 Å². The number of nitrogens with one attached hydrogen (secondary N) is 1. The van der Waals surface area contributed by atoms with Crippen molar-refractivity contribution in [3.8, 4) is 0 Å². The van der Waals surface area contributed by atoms with Gasteiger partial charge in [0, 0.05) is 23.6 Å². The number of piperidine rings is 1. The fourth-order valence-electron chi connectivity index (χ4n) is 3.77. The van der Waals surface area contributed by atoms with Crippen molar-refractivity contribution < 1.29 is 26.8 Å². The van der Waals surface area contributed by atoms with Gasteiger partial charge < -0.3 is 4.90 Å². The van der Waals surface area contributed by atoms with E-state index >= 15 is 0 Å². The molecule has 1 saturated heterocycles. The number of likely N-dealkylation sites (tertiary alicyclic amines) is 1. The highest BCUT2D eigenvalue weighted by molar-refractivity contribution is 9.10. The first-order valence-electron chi connectivity index (χ1n) is 8.96. The van der Waals surface area contributed by atoms with Crippen LogP contribution in [0.3, 0.4) is 0 Å². The number of amides is 1. The van der Waals surface area contributed by atoms with Gasteiger partial charge in [-0.15, -0.1) is 5.10 Å². The number of aromatic amines is 1. The maximum Gasteiger partial charge on any atom is 0.419 e. The Labute approximate surface area is 171 Å². The molecule has 1 aromatic carbocycles. The molecule has 1 aliphatic heterocycles. The Morgan fingerprint density at radius 3 is 2.62 bits per heavy atom. The van der Waals surface area contributed by atoms with Crippen LogP contribution in [-0.4, -0.2) is 34.1 Å². The van der Waals surface area contributed by atoms with Crippen molar-refractivity contribution in [3.63, 3.8) is 0 Å². The number of nitrogens with zero attached hydrogens (tertiary/aromatic N) is 3. The van der Waals surface area contributed by atoms with Crippen LogP contribution < -0.4 is 4.40 Å². The second-order valence-corrected chi connectivity index (χ2v) is 7.83.